The van der Waals surface area contributed by atoms with Gasteiger partial charge in [-0.1, -0.05) is 30.3 Å². The fourth-order valence-corrected chi connectivity index (χ4v) is 2.61. The van der Waals surface area contributed by atoms with Gasteiger partial charge in [0.25, 0.3) is 5.91 Å². The van der Waals surface area contributed by atoms with Crippen LogP contribution >= 0.6 is 11.6 Å². The van der Waals surface area contributed by atoms with Gasteiger partial charge in [-0.2, -0.15) is 5.10 Å². The SMILES string of the molecule is C=C(C(=O)NCc1c(C2CC2)cnn1C)c1ccc(Cl)cc1. The van der Waals surface area contributed by atoms with Gasteiger partial charge in [0, 0.05) is 17.6 Å². The van der Waals surface area contributed by atoms with E-state index in [0.29, 0.717) is 23.1 Å². The van der Waals surface area contributed by atoms with E-state index in [1.165, 1.54) is 18.4 Å². The monoisotopic (exact) mass is 315 g/mol. The first kappa shape index (κ1) is 14.9. The standard InChI is InChI=1S/C17H18ClN3O/c1-11(12-5-7-14(18)8-6-12)17(22)19-10-16-15(13-3-4-13)9-20-21(16)2/h5-9,13H,1,3-4,10H2,2H3,(H,19,22). The van der Waals surface area contributed by atoms with E-state index in [-0.39, 0.29) is 5.91 Å². The van der Waals surface area contributed by atoms with Crippen molar-refractivity contribution in [3.8, 4) is 0 Å². The summed E-state index contributed by atoms with van der Waals surface area (Å²) in [6.45, 7) is 4.34. The molecule has 2 aromatic rings. The van der Waals surface area contributed by atoms with Crippen molar-refractivity contribution in [2.75, 3.05) is 0 Å². The third-order valence-corrected chi connectivity index (χ3v) is 4.25. The first-order chi connectivity index (χ1) is 10.6. The van der Waals surface area contributed by atoms with Crippen LogP contribution < -0.4 is 5.32 Å². The van der Waals surface area contributed by atoms with Gasteiger partial charge in [-0.05, 0) is 42.0 Å². The zero-order valence-electron chi connectivity index (χ0n) is 12.5. The number of rotatable bonds is 5. The molecular weight excluding hydrogens is 298 g/mol. The van der Waals surface area contributed by atoms with Gasteiger partial charge in [-0.3, -0.25) is 9.48 Å². The van der Waals surface area contributed by atoms with Crippen molar-refractivity contribution < 1.29 is 4.79 Å². The van der Waals surface area contributed by atoms with Crippen LogP contribution in [0.4, 0.5) is 0 Å². The molecule has 1 amide bonds. The molecule has 1 aromatic heterocycles. The molecule has 0 atom stereocenters. The van der Waals surface area contributed by atoms with E-state index in [1.54, 1.807) is 24.3 Å². The van der Waals surface area contributed by atoms with Gasteiger partial charge in [0.2, 0.25) is 0 Å². The highest BCUT2D eigenvalue weighted by Crippen LogP contribution is 2.41. The molecule has 0 radical (unpaired) electrons. The summed E-state index contributed by atoms with van der Waals surface area (Å²) in [6.07, 6.45) is 4.33. The first-order valence-corrected chi connectivity index (χ1v) is 7.68. The van der Waals surface area contributed by atoms with Crippen LogP contribution in [0.25, 0.3) is 5.57 Å². The van der Waals surface area contributed by atoms with Gasteiger partial charge in [0.15, 0.2) is 0 Å². The fraction of sp³-hybridized carbons (Fsp3) is 0.294. The smallest absolute Gasteiger partial charge is 0.251 e. The summed E-state index contributed by atoms with van der Waals surface area (Å²) in [5.74, 6) is 0.435. The lowest BCUT2D eigenvalue weighted by molar-refractivity contribution is -0.115. The second-order valence-electron chi connectivity index (χ2n) is 5.61. The van der Waals surface area contributed by atoms with Crippen LogP contribution in [0.15, 0.2) is 37.0 Å². The average molecular weight is 316 g/mol. The Morgan fingerprint density at radius 1 is 1.41 bits per heavy atom. The maximum absolute atomic E-state index is 12.3. The molecule has 0 unspecified atom stereocenters. The Morgan fingerprint density at radius 3 is 2.73 bits per heavy atom. The molecule has 0 bridgehead atoms. The summed E-state index contributed by atoms with van der Waals surface area (Å²) in [6, 6.07) is 7.09. The molecule has 5 heteroatoms. The third-order valence-electron chi connectivity index (χ3n) is 3.99. The number of carbonyl (C=O) groups is 1. The minimum atomic E-state index is -0.176. The second-order valence-corrected chi connectivity index (χ2v) is 6.05. The molecular formula is C17H18ClN3O. The van der Waals surface area contributed by atoms with Gasteiger partial charge in [-0.15, -0.1) is 0 Å². The molecule has 114 valence electrons. The molecule has 22 heavy (non-hydrogen) atoms. The maximum atomic E-state index is 12.3. The van der Waals surface area contributed by atoms with Crippen LogP contribution in [-0.4, -0.2) is 15.7 Å². The van der Waals surface area contributed by atoms with Crippen molar-refractivity contribution in [1.29, 1.82) is 0 Å². The van der Waals surface area contributed by atoms with Crippen molar-refractivity contribution in [2.24, 2.45) is 7.05 Å². The van der Waals surface area contributed by atoms with Crippen LogP contribution in [0.3, 0.4) is 0 Å². The molecule has 1 N–H and O–H groups in total. The quantitative estimate of drug-likeness (QED) is 0.861. The number of hydrogen-bond acceptors (Lipinski definition) is 2. The molecule has 1 fully saturated rings. The number of nitrogens with one attached hydrogen (secondary N) is 1. The van der Waals surface area contributed by atoms with E-state index in [0.717, 1.165) is 11.3 Å². The molecule has 1 heterocycles. The number of halogens is 1. The number of amides is 1. The number of benzene rings is 1. The van der Waals surface area contributed by atoms with Crippen molar-refractivity contribution in [2.45, 2.75) is 25.3 Å². The molecule has 0 aliphatic heterocycles. The molecule has 1 aliphatic rings. The Balaban J connectivity index is 1.66. The number of aryl methyl sites for hydroxylation is 1. The van der Waals surface area contributed by atoms with Gasteiger partial charge in [0.05, 0.1) is 18.4 Å². The summed E-state index contributed by atoms with van der Waals surface area (Å²) in [4.78, 5) is 12.3. The molecule has 1 saturated carbocycles. The van der Waals surface area contributed by atoms with E-state index in [9.17, 15) is 4.79 Å². The second kappa shape index (κ2) is 5.97. The zero-order chi connectivity index (χ0) is 15.7. The summed E-state index contributed by atoms with van der Waals surface area (Å²) < 4.78 is 1.83. The molecule has 1 aliphatic carbocycles. The topological polar surface area (TPSA) is 46.9 Å². The predicted molar refractivity (Wildman–Crippen MR) is 87.5 cm³/mol. The Morgan fingerprint density at radius 2 is 2.09 bits per heavy atom. The molecule has 1 aromatic carbocycles. The van der Waals surface area contributed by atoms with Gasteiger partial charge in [-0.25, -0.2) is 0 Å². The number of hydrogen-bond donors (Lipinski definition) is 1. The Labute approximate surface area is 134 Å². The first-order valence-electron chi connectivity index (χ1n) is 7.30. The lowest BCUT2D eigenvalue weighted by Crippen LogP contribution is -2.25. The third kappa shape index (κ3) is 3.07. The highest BCUT2D eigenvalue weighted by Gasteiger charge is 2.28. The summed E-state index contributed by atoms with van der Waals surface area (Å²) >= 11 is 5.86. The van der Waals surface area contributed by atoms with Crippen LogP contribution in [0, 0.1) is 0 Å². The van der Waals surface area contributed by atoms with Crippen LogP contribution in [-0.2, 0) is 18.4 Å². The van der Waals surface area contributed by atoms with Gasteiger partial charge >= 0.3 is 0 Å². The average Bonchev–Trinajstić information content (AvgIpc) is 3.29. The van der Waals surface area contributed by atoms with Gasteiger partial charge in [0.1, 0.15) is 0 Å². The molecule has 3 rings (SSSR count). The number of carbonyl (C=O) groups excluding carboxylic acids is 1. The summed E-state index contributed by atoms with van der Waals surface area (Å²) in [5.41, 5.74) is 3.53. The Hall–Kier alpha value is -2.07. The summed E-state index contributed by atoms with van der Waals surface area (Å²) in [5, 5.41) is 7.87. The molecule has 4 nitrogen and oxygen atoms in total. The fourth-order valence-electron chi connectivity index (χ4n) is 2.48. The van der Waals surface area contributed by atoms with Crippen molar-refractivity contribution >= 4 is 23.1 Å². The lowest BCUT2D eigenvalue weighted by Gasteiger charge is -2.10. The predicted octanol–water partition coefficient (Wildman–Crippen LogP) is 3.28. The van der Waals surface area contributed by atoms with Crippen molar-refractivity contribution in [3.63, 3.8) is 0 Å². The Bertz CT molecular complexity index is 714. The van der Waals surface area contributed by atoms with Crippen LogP contribution in [0.5, 0.6) is 0 Å². The highest BCUT2D eigenvalue weighted by molar-refractivity contribution is 6.30. The minimum absolute atomic E-state index is 0.176. The van der Waals surface area contributed by atoms with Crippen LogP contribution in [0.2, 0.25) is 5.02 Å². The van der Waals surface area contributed by atoms with E-state index in [2.05, 4.69) is 17.0 Å². The van der Waals surface area contributed by atoms with Crippen molar-refractivity contribution in [1.82, 2.24) is 15.1 Å². The Kier molecular flexibility index (Phi) is 4.03. The van der Waals surface area contributed by atoms with E-state index < -0.39 is 0 Å². The van der Waals surface area contributed by atoms with Crippen LogP contribution in [0.1, 0.15) is 35.6 Å². The number of aromatic nitrogens is 2. The minimum Gasteiger partial charge on any atom is -0.346 e. The van der Waals surface area contributed by atoms with Crippen molar-refractivity contribution in [3.05, 3.63) is 58.9 Å². The maximum Gasteiger partial charge on any atom is 0.251 e. The molecule has 0 saturated heterocycles. The lowest BCUT2D eigenvalue weighted by atomic mass is 10.1. The van der Waals surface area contributed by atoms with Gasteiger partial charge < -0.3 is 5.32 Å². The molecule has 0 spiro atoms. The zero-order valence-corrected chi connectivity index (χ0v) is 13.2. The van der Waals surface area contributed by atoms with E-state index in [4.69, 9.17) is 11.6 Å². The highest BCUT2D eigenvalue weighted by atomic mass is 35.5. The number of nitrogens with zero attached hydrogens (tertiary/aromatic N) is 2. The largest absolute Gasteiger partial charge is 0.346 e. The summed E-state index contributed by atoms with van der Waals surface area (Å²) in [7, 11) is 1.90. The van der Waals surface area contributed by atoms with E-state index >= 15 is 0 Å². The van der Waals surface area contributed by atoms with E-state index in [1.807, 2.05) is 17.9 Å². The normalized spacial score (nSPS) is 13.9.